The fourth-order valence-corrected chi connectivity index (χ4v) is 12.9. The number of benzene rings is 4. The third-order valence-electron chi connectivity index (χ3n) is 16.2. The minimum absolute atomic E-state index is 0.0431. The number of imide groups is 1. The second-order valence-electron chi connectivity index (χ2n) is 22.7. The molecule has 2 saturated heterocycles. The first-order chi connectivity index (χ1) is 38.3. The van der Waals surface area contributed by atoms with Gasteiger partial charge in [-0.15, -0.1) is 0 Å². The number of aryl methyl sites for hydroxylation is 1. The molecular weight excluding hydrogens is 1040 g/mol. The summed E-state index contributed by atoms with van der Waals surface area (Å²) in [5.41, 5.74) is 6.98. The Morgan fingerprint density at radius 1 is 0.850 bits per heavy atom. The summed E-state index contributed by atoms with van der Waals surface area (Å²) in [6.07, 6.45) is 1.75. The number of nitrogens with zero attached hydrogens (tertiary/aromatic N) is 7. The fraction of sp³-hybridized carbons (Fsp3) is 0.426. The minimum Gasteiger partial charge on any atom is -0.490 e. The molecule has 0 radical (unpaired) electrons. The molecule has 4 aromatic carbocycles. The number of hydrogen-bond donors (Lipinski definition) is 2. The van der Waals surface area contributed by atoms with Gasteiger partial charge in [0.15, 0.2) is 10.8 Å². The average molecular weight is 1110 g/mol. The zero-order valence-electron chi connectivity index (χ0n) is 45.7. The molecule has 11 rings (SSSR count). The first-order valence-corrected chi connectivity index (χ1v) is 28.5. The number of pyridine rings is 1. The van der Waals surface area contributed by atoms with E-state index in [1.165, 1.54) is 11.3 Å². The van der Waals surface area contributed by atoms with E-state index >= 15 is 0 Å². The van der Waals surface area contributed by atoms with E-state index in [4.69, 9.17) is 14.5 Å². The summed E-state index contributed by atoms with van der Waals surface area (Å²) in [4.78, 5) is 67.5. The average Bonchev–Trinajstić information content (AvgIpc) is 4.01. The van der Waals surface area contributed by atoms with E-state index in [0.29, 0.717) is 96.1 Å². The normalized spacial score (nSPS) is 20.2. The van der Waals surface area contributed by atoms with Crippen LogP contribution in [0.3, 0.4) is 0 Å². The molecule has 3 aromatic heterocycles. The summed E-state index contributed by atoms with van der Waals surface area (Å²) in [6, 6.07) is 27.1. The summed E-state index contributed by atoms with van der Waals surface area (Å²) < 4.78 is 59.7. The van der Waals surface area contributed by atoms with Crippen LogP contribution in [0.4, 0.5) is 29.8 Å². The van der Waals surface area contributed by atoms with Crippen LogP contribution in [0.2, 0.25) is 0 Å². The number of thiazole rings is 1. The van der Waals surface area contributed by atoms with Gasteiger partial charge in [0, 0.05) is 68.4 Å². The smallest absolute Gasteiger partial charge is 0.405 e. The van der Waals surface area contributed by atoms with Crippen LogP contribution in [0, 0.1) is 12.8 Å². The van der Waals surface area contributed by atoms with E-state index in [9.17, 15) is 32.3 Å². The molecule has 1 saturated carbocycles. The number of ether oxygens (including phenoxy) is 2. The Morgan fingerprint density at radius 3 is 2.42 bits per heavy atom. The number of halogens is 3. The van der Waals surface area contributed by atoms with Gasteiger partial charge in [0.1, 0.15) is 23.2 Å². The van der Waals surface area contributed by atoms with Crippen molar-refractivity contribution in [1.82, 2.24) is 30.0 Å². The van der Waals surface area contributed by atoms with Crippen LogP contribution >= 0.6 is 11.3 Å². The predicted octanol–water partition coefficient (Wildman–Crippen LogP) is 11.3. The minimum atomic E-state index is -4.41. The van der Waals surface area contributed by atoms with Crippen LogP contribution in [-0.2, 0) is 34.3 Å². The second kappa shape index (κ2) is 22.3. The highest BCUT2D eigenvalue weighted by atomic mass is 32.1. The second-order valence-corrected chi connectivity index (χ2v) is 23.7. The van der Waals surface area contributed by atoms with Crippen molar-refractivity contribution in [3.05, 3.63) is 125 Å². The number of hydrogen-bond acceptors (Lipinski definition) is 13. The van der Waals surface area contributed by atoms with Crippen LogP contribution in [-0.4, -0.2) is 105 Å². The van der Waals surface area contributed by atoms with E-state index in [1.807, 2.05) is 113 Å². The molecule has 3 amide bonds. The number of piperidine rings is 1. The summed E-state index contributed by atoms with van der Waals surface area (Å²) in [5, 5.41) is 11.3. The molecule has 15 nitrogen and oxygen atoms in total. The molecule has 4 aliphatic rings. The SMILES string of the molecule is Cc1c(OC2CCC(CCCN3CCN(c4ccc5c([C@@H]6CCC(=O)NC6=O)nn(C)c5c4)C[C@H]3C(F)(F)F)CC2)cccc1-c1ccc(N2CCc3cccc(C(=O)Nc4nc5ccccc5s4)c3C2)nc1C(=O)OC(C)(C)C. The van der Waals surface area contributed by atoms with Crippen molar-refractivity contribution in [3.8, 4) is 16.9 Å². The monoisotopic (exact) mass is 1110 g/mol. The highest BCUT2D eigenvalue weighted by Crippen LogP contribution is 2.40. The molecule has 418 valence electrons. The van der Waals surface area contributed by atoms with E-state index in [1.54, 1.807) is 21.5 Å². The number of alkyl halides is 3. The predicted molar refractivity (Wildman–Crippen MR) is 303 cm³/mol. The van der Waals surface area contributed by atoms with Gasteiger partial charge >= 0.3 is 12.1 Å². The molecule has 0 unspecified atom stereocenters. The number of fused-ring (bicyclic) bond motifs is 3. The van der Waals surface area contributed by atoms with Gasteiger partial charge in [0.2, 0.25) is 11.8 Å². The van der Waals surface area contributed by atoms with Gasteiger partial charge in [0.25, 0.3) is 5.91 Å². The van der Waals surface area contributed by atoms with Crippen molar-refractivity contribution >= 4 is 72.8 Å². The van der Waals surface area contributed by atoms with Crippen molar-refractivity contribution < 1.29 is 41.8 Å². The first-order valence-electron chi connectivity index (χ1n) is 27.7. The zero-order chi connectivity index (χ0) is 56.0. The Hall–Kier alpha value is -7.38. The summed E-state index contributed by atoms with van der Waals surface area (Å²) in [5.74, 6) is -0.367. The Labute approximate surface area is 466 Å². The number of esters is 1. The van der Waals surface area contributed by atoms with Gasteiger partial charge in [-0.25, -0.2) is 14.8 Å². The van der Waals surface area contributed by atoms with Crippen molar-refractivity contribution in [2.75, 3.05) is 47.8 Å². The molecule has 3 fully saturated rings. The van der Waals surface area contributed by atoms with Crippen LogP contribution in [0.5, 0.6) is 5.75 Å². The highest BCUT2D eigenvalue weighted by molar-refractivity contribution is 7.22. The maximum atomic E-state index is 14.8. The molecule has 0 spiro atoms. The quantitative estimate of drug-likeness (QED) is 0.0831. The molecule has 0 bridgehead atoms. The van der Waals surface area contributed by atoms with Crippen LogP contribution < -0.4 is 25.2 Å². The zero-order valence-corrected chi connectivity index (χ0v) is 46.5. The number of para-hydroxylation sites is 1. The largest absolute Gasteiger partial charge is 0.490 e. The fourth-order valence-electron chi connectivity index (χ4n) is 12.1. The number of aromatic nitrogens is 4. The van der Waals surface area contributed by atoms with E-state index in [0.717, 1.165) is 70.0 Å². The number of carbonyl (C=O) groups is 4. The van der Waals surface area contributed by atoms with Crippen molar-refractivity contribution in [2.45, 2.75) is 122 Å². The third-order valence-corrected chi connectivity index (χ3v) is 17.2. The molecular formula is C61H66F3N9O6S. The molecule has 80 heavy (non-hydrogen) atoms. The summed E-state index contributed by atoms with van der Waals surface area (Å²) in [6.45, 7) is 9.39. The van der Waals surface area contributed by atoms with Gasteiger partial charge < -0.3 is 19.3 Å². The number of nitrogens with one attached hydrogen (secondary N) is 2. The van der Waals surface area contributed by atoms with Crippen LogP contribution in [0.25, 0.3) is 32.2 Å². The third kappa shape index (κ3) is 11.6. The standard InChI is InChI=1S/C61H66F3N9O6S/c1-36-41(42-24-26-52(66-55(42)58(77)79-60(2,3)4)73-30-28-38-12-8-14-43(46(38)34-73)56(75)68-59-65-47-15-6-7-17-50(47)80-59)13-9-16-49(36)78-40-21-18-37(19-22-40)11-10-29-71-31-32-72(35-51(71)61(62,63)64)39-20-23-44-48(33-39)70(5)69-54(44)45-25-27-53(74)67-57(45)76/h6-9,12-17,20,23-24,26,33,37,40,45,51H,10-11,18-19,21-22,25,27-32,34-35H2,1-5H3,(H,65,68,75)(H,67,74,76)/t37?,40?,45-,51-/m0/s1. The Balaban J connectivity index is 0.714. The molecule has 2 atom stereocenters. The summed E-state index contributed by atoms with van der Waals surface area (Å²) in [7, 11) is 1.75. The van der Waals surface area contributed by atoms with E-state index in [-0.39, 0.29) is 49.0 Å². The number of anilines is 3. The van der Waals surface area contributed by atoms with E-state index in [2.05, 4.69) is 31.7 Å². The highest BCUT2D eigenvalue weighted by Gasteiger charge is 2.46. The number of carbonyl (C=O) groups excluding carboxylic acids is 4. The molecule has 19 heteroatoms. The van der Waals surface area contributed by atoms with Gasteiger partial charge in [-0.1, -0.05) is 47.7 Å². The van der Waals surface area contributed by atoms with Crippen LogP contribution in [0.1, 0.15) is 121 Å². The molecule has 7 aromatic rings. The number of amides is 3. The molecule has 2 N–H and O–H groups in total. The van der Waals surface area contributed by atoms with E-state index < -0.39 is 29.7 Å². The first kappa shape index (κ1) is 54.6. The molecule has 6 heterocycles. The van der Waals surface area contributed by atoms with Gasteiger partial charge in [-0.3, -0.25) is 34.6 Å². The Kier molecular flexibility index (Phi) is 15.2. The Morgan fingerprint density at radius 2 is 1.65 bits per heavy atom. The molecule has 3 aliphatic heterocycles. The number of rotatable bonds is 13. The van der Waals surface area contributed by atoms with Crippen molar-refractivity contribution in [2.24, 2.45) is 13.0 Å². The topological polar surface area (TPSA) is 164 Å². The lowest BCUT2D eigenvalue weighted by Gasteiger charge is -2.43. The van der Waals surface area contributed by atoms with Gasteiger partial charge in [-0.05, 0) is 168 Å². The van der Waals surface area contributed by atoms with Crippen molar-refractivity contribution in [3.63, 3.8) is 0 Å². The maximum absolute atomic E-state index is 14.8. The van der Waals surface area contributed by atoms with Gasteiger partial charge in [-0.2, -0.15) is 18.3 Å². The van der Waals surface area contributed by atoms with Crippen LogP contribution in [0.15, 0.2) is 91.0 Å². The molecule has 1 aliphatic carbocycles. The lowest BCUT2D eigenvalue weighted by molar-refractivity contribution is -0.184. The van der Waals surface area contributed by atoms with Crippen molar-refractivity contribution in [1.29, 1.82) is 0 Å². The number of piperazine rings is 1. The lowest BCUT2D eigenvalue weighted by Crippen LogP contribution is -2.59. The van der Waals surface area contributed by atoms with Gasteiger partial charge in [0.05, 0.1) is 33.4 Å². The maximum Gasteiger partial charge on any atom is 0.405 e. The summed E-state index contributed by atoms with van der Waals surface area (Å²) >= 11 is 1.43. The lowest BCUT2D eigenvalue weighted by atomic mass is 9.84. The Bertz CT molecular complexity index is 3480.